The van der Waals surface area contributed by atoms with E-state index in [1.807, 2.05) is 97.2 Å². The topological polar surface area (TPSA) is 129 Å². The molecule has 0 fully saturated rings. The predicted molar refractivity (Wildman–Crippen MR) is 203 cm³/mol. The third-order valence-corrected chi connectivity index (χ3v) is 8.89. The van der Waals surface area contributed by atoms with E-state index in [4.69, 9.17) is 18.9 Å². The van der Waals surface area contributed by atoms with Gasteiger partial charge in [0.2, 0.25) is 0 Å². The molecule has 0 spiro atoms. The van der Waals surface area contributed by atoms with Gasteiger partial charge in [-0.25, -0.2) is 0 Å². The van der Waals surface area contributed by atoms with E-state index in [9.17, 15) is 10.5 Å². The number of nitrogens with one attached hydrogen (secondary N) is 2. The van der Waals surface area contributed by atoms with Crippen molar-refractivity contribution >= 4 is 44.1 Å². The molecule has 0 unspecified atom stereocenters. The van der Waals surface area contributed by atoms with Crippen molar-refractivity contribution in [2.75, 3.05) is 21.3 Å². The molecule has 52 heavy (non-hydrogen) atoms. The third-order valence-electron chi connectivity index (χ3n) is 8.89. The summed E-state index contributed by atoms with van der Waals surface area (Å²) < 4.78 is 23.2. The monoisotopic (exact) mass is 683 g/mol. The maximum absolute atomic E-state index is 11.2. The summed E-state index contributed by atoms with van der Waals surface area (Å²) in [6.07, 6.45) is 6.98. The maximum atomic E-state index is 11.2. The number of aromatic nitrogens is 3. The number of benzene rings is 4. The minimum atomic E-state index is 0.313. The molecule has 3 aromatic heterocycles. The molecule has 2 N–H and O–H groups in total. The van der Waals surface area contributed by atoms with Crippen LogP contribution in [0.3, 0.4) is 0 Å². The smallest absolute Gasteiger partial charge is 0.123 e. The van der Waals surface area contributed by atoms with Crippen LogP contribution < -0.4 is 18.9 Å². The van der Waals surface area contributed by atoms with Crippen LogP contribution in [-0.4, -0.2) is 36.3 Å². The number of allylic oxidation sites excluding steroid dienone is 4. The molecule has 0 amide bonds. The van der Waals surface area contributed by atoms with E-state index < -0.39 is 0 Å². The molecule has 0 saturated heterocycles. The molecule has 4 aromatic carbocycles. The lowest BCUT2D eigenvalue weighted by Gasteiger charge is -2.19. The molecule has 0 radical (unpaired) electrons. The predicted octanol–water partition coefficient (Wildman–Crippen LogP) is 9.22. The van der Waals surface area contributed by atoms with Gasteiger partial charge in [-0.2, -0.15) is 10.5 Å². The third kappa shape index (κ3) is 6.42. The number of nitrogens with zero attached hydrogens (tertiary/aromatic N) is 3. The second kappa shape index (κ2) is 14.7. The standard InChI is InChI=1S/C43H33N5O4/c1-49-30-11-13-40-34(19-30)38(24-47-40)37(22-45)43(29-16-32(50-2)18-33(17-29)51-3)42(28-10-7-15-46-23-28)36(21-44)39-25-48-41-14-12-31(20-35(39)41)52-26-27-8-5-4-6-9-27/h4-20,23-25,47-48H,26H2,1-3H3/b42-36-,43-37+. The van der Waals surface area contributed by atoms with Gasteiger partial charge in [0, 0.05) is 80.5 Å². The Bertz CT molecular complexity index is 2530. The van der Waals surface area contributed by atoms with Gasteiger partial charge in [-0.05, 0) is 65.7 Å². The zero-order chi connectivity index (χ0) is 36.0. The van der Waals surface area contributed by atoms with Crippen molar-refractivity contribution in [3.63, 3.8) is 0 Å². The lowest BCUT2D eigenvalue weighted by atomic mass is 9.82. The van der Waals surface area contributed by atoms with Crippen molar-refractivity contribution < 1.29 is 18.9 Å². The Hall–Kier alpha value is -7.23. The Balaban J connectivity index is 1.55. The number of fused-ring (bicyclic) bond motifs is 2. The van der Waals surface area contributed by atoms with Gasteiger partial charge in [-0.1, -0.05) is 36.4 Å². The maximum Gasteiger partial charge on any atom is 0.123 e. The second-order valence-corrected chi connectivity index (χ2v) is 11.9. The Labute approximate surface area is 300 Å². The molecule has 0 aliphatic carbocycles. The van der Waals surface area contributed by atoms with Crippen molar-refractivity contribution in [1.82, 2.24) is 15.0 Å². The zero-order valence-electron chi connectivity index (χ0n) is 28.7. The molecule has 7 aromatic rings. The van der Waals surface area contributed by atoms with E-state index >= 15 is 0 Å². The van der Waals surface area contributed by atoms with E-state index in [0.29, 0.717) is 74.2 Å². The highest BCUT2D eigenvalue weighted by atomic mass is 16.5. The van der Waals surface area contributed by atoms with E-state index in [0.717, 1.165) is 27.4 Å². The molecule has 9 nitrogen and oxygen atoms in total. The van der Waals surface area contributed by atoms with Crippen LogP contribution in [0.25, 0.3) is 44.1 Å². The van der Waals surface area contributed by atoms with Crippen LogP contribution in [0.15, 0.2) is 122 Å². The van der Waals surface area contributed by atoms with Crippen LogP contribution in [0.4, 0.5) is 0 Å². The first-order chi connectivity index (χ1) is 25.5. The Kier molecular flexibility index (Phi) is 9.41. The number of rotatable bonds is 11. The van der Waals surface area contributed by atoms with Crippen LogP contribution in [0.1, 0.15) is 27.8 Å². The molecule has 0 bridgehead atoms. The minimum absolute atomic E-state index is 0.313. The summed E-state index contributed by atoms with van der Waals surface area (Å²) in [6.45, 7) is 0.388. The molecule has 254 valence electrons. The molecule has 0 aliphatic heterocycles. The average molecular weight is 684 g/mol. The molecular weight excluding hydrogens is 651 g/mol. The van der Waals surface area contributed by atoms with Gasteiger partial charge in [0.15, 0.2) is 0 Å². The van der Waals surface area contributed by atoms with Gasteiger partial charge in [0.25, 0.3) is 0 Å². The summed E-state index contributed by atoms with van der Waals surface area (Å²) in [6, 6.07) is 35.5. The van der Waals surface area contributed by atoms with Crippen LogP contribution >= 0.6 is 0 Å². The first-order valence-electron chi connectivity index (χ1n) is 16.4. The van der Waals surface area contributed by atoms with Crippen molar-refractivity contribution in [3.8, 4) is 35.1 Å². The van der Waals surface area contributed by atoms with Crippen molar-refractivity contribution in [3.05, 3.63) is 150 Å². The molecule has 0 saturated carbocycles. The van der Waals surface area contributed by atoms with Crippen LogP contribution in [-0.2, 0) is 6.61 Å². The van der Waals surface area contributed by atoms with Gasteiger partial charge < -0.3 is 28.9 Å². The van der Waals surface area contributed by atoms with Crippen LogP contribution in [0.2, 0.25) is 0 Å². The molecule has 0 atom stereocenters. The number of pyridine rings is 1. The number of H-pyrrole nitrogens is 2. The van der Waals surface area contributed by atoms with Gasteiger partial charge in [0.05, 0.1) is 32.5 Å². The lowest BCUT2D eigenvalue weighted by Crippen LogP contribution is -2.01. The number of ether oxygens (including phenoxy) is 4. The first kappa shape index (κ1) is 33.3. The number of hydrogen-bond acceptors (Lipinski definition) is 7. The fraction of sp³-hybridized carbons (Fsp3) is 0.0930. The molecule has 7 rings (SSSR count). The average Bonchev–Trinajstić information content (AvgIpc) is 3.82. The fourth-order valence-corrected chi connectivity index (χ4v) is 6.36. The normalized spacial score (nSPS) is 12.0. The quantitative estimate of drug-likeness (QED) is 0.103. The van der Waals surface area contributed by atoms with Gasteiger partial charge in [-0.3, -0.25) is 4.98 Å². The van der Waals surface area contributed by atoms with E-state index in [2.05, 4.69) is 27.1 Å². The van der Waals surface area contributed by atoms with E-state index in [1.54, 1.807) is 46.0 Å². The summed E-state index contributed by atoms with van der Waals surface area (Å²) in [5.41, 5.74) is 6.78. The summed E-state index contributed by atoms with van der Waals surface area (Å²) in [7, 11) is 4.74. The van der Waals surface area contributed by atoms with Crippen molar-refractivity contribution in [2.24, 2.45) is 0 Å². The van der Waals surface area contributed by atoms with Crippen molar-refractivity contribution in [2.45, 2.75) is 6.61 Å². The lowest BCUT2D eigenvalue weighted by molar-refractivity contribution is 0.306. The van der Waals surface area contributed by atoms with Gasteiger partial charge >= 0.3 is 0 Å². The molecule has 0 aliphatic rings. The highest BCUT2D eigenvalue weighted by molar-refractivity contribution is 6.27. The second-order valence-electron chi connectivity index (χ2n) is 11.9. The number of methoxy groups -OCH3 is 3. The summed E-state index contributed by atoms with van der Waals surface area (Å²) >= 11 is 0. The number of nitriles is 2. The molecule has 3 heterocycles. The highest BCUT2D eigenvalue weighted by Crippen LogP contribution is 2.46. The van der Waals surface area contributed by atoms with Gasteiger partial charge in [0.1, 0.15) is 41.7 Å². The highest BCUT2D eigenvalue weighted by Gasteiger charge is 2.26. The van der Waals surface area contributed by atoms with E-state index in [-0.39, 0.29) is 0 Å². The Morgan fingerprint density at radius 3 is 1.75 bits per heavy atom. The zero-order valence-corrected chi connectivity index (χ0v) is 28.7. The van der Waals surface area contributed by atoms with Crippen LogP contribution in [0.5, 0.6) is 23.0 Å². The van der Waals surface area contributed by atoms with Crippen molar-refractivity contribution in [1.29, 1.82) is 10.5 Å². The SMILES string of the molecule is COc1cc(OC)cc(C(/C(=C(/C#N)c2c[nH]c3ccc(OCc4ccccc4)cc23)c2cccnc2)=C(/C#N)c2c[nH]c3ccc(OC)cc23)c1. The summed E-state index contributed by atoms with van der Waals surface area (Å²) in [5, 5.41) is 23.9. The Morgan fingerprint density at radius 2 is 1.19 bits per heavy atom. The van der Waals surface area contributed by atoms with Gasteiger partial charge in [-0.15, -0.1) is 0 Å². The number of hydrogen-bond donors (Lipinski definition) is 2. The Morgan fingerprint density at radius 1 is 0.615 bits per heavy atom. The first-order valence-corrected chi connectivity index (χ1v) is 16.4. The van der Waals surface area contributed by atoms with E-state index in [1.165, 1.54) is 0 Å². The molecule has 9 heteroatoms. The fourth-order valence-electron chi connectivity index (χ4n) is 6.36. The largest absolute Gasteiger partial charge is 0.497 e. The number of aromatic amines is 2. The molecular formula is C43H33N5O4. The van der Waals surface area contributed by atoms with Crippen LogP contribution in [0, 0.1) is 22.7 Å². The minimum Gasteiger partial charge on any atom is -0.497 e. The summed E-state index contributed by atoms with van der Waals surface area (Å²) in [5.74, 6) is 2.32. The summed E-state index contributed by atoms with van der Waals surface area (Å²) in [4.78, 5) is 11.1.